The van der Waals surface area contributed by atoms with Gasteiger partial charge in [-0.25, -0.2) is 0 Å². The smallest absolute Gasteiger partial charge is 0.318 e. The number of hydrogen-bond donors (Lipinski definition) is 0. The Morgan fingerprint density at radius 1 is 0.893 bits per heavy atom. The number of nitro groups is 1. The van der Waals surface area contributed by atoms with Crippen molar-refractivity contribution in [3.05, 3.63) is 100 Å². The maximum atomic E-state index is 12.3. The number of carbonyl (C=O) groups is 1. The first-order valence-corrected chi connectivity index (χ1v) is 9.21. The fraction of sp³-hybridized carbons (Fsp3) is 0.174. The van der Waals surface area contributed by atoms with Crippen molar-refractivity contribution >= 4 is 5.97 Å². The molecule has 0 aromatic heterocycles. The molecule has 0 aliphatic heterocycles. The SMILES string of the molecule is O=C(CC(CC1c2ccccc2-c2ccccc21)[N+](=O)[O-])Oc1ccccc1. The van der Waals surface area contributed by atoms with Crippen LogP contribution in [0.25, 0.3) is 11.1 Å². The fourth-order valence-electron chi connectivity index (χ4n) is 3.88. The van der Waals surface area contributed by atoms with E-state index in [1.807, 2.05) is 54.6 Å². The molecule has 140 valence electrons. The van der Waals surface area contributed by atoms with Crippen LogP contribution in [0.5, 0.6) is 5.75 Å². The summed E-state index contributed by atoms with van der Waals surface area (Å²) in [6.45, 7) is 0. The molecule has 0 spiro atoms. The average Bonchev–Trinajstić information content (AvgIpc) is 3.02. The Morgan fingerprint density at radius 3 is 2.00 bits per heavy atom. The van der Waals surface area contributed by atoms with Gasteiger partial charge in [0, 0.05) is 17.3 Å². The van der Waals surface area contributed by atoms with Crippen LogP contribution in [0.1, 0.15) is 29.9 Å². The third-order valence-corrected chi connectivity index (χ3v) is 5.15. The van der Waals surface area contributed by atoms with Crippen molar-refractivity contribution in [3.63, 3.8) is 0 Å². The highest BCUT2D eigenvalue weighted by molar-refractivity contribution is 5.79. The molecule has 0 N–H and O–H groups in total. The lowest BCUT2D eigenvalue weighted by Gasteiger charge is -2.16. The summed E-state index contributed by atoms with van der Waals surface area (Å²) in [6, 6.07) is 23.6. The lowest BCUT2D eigenvalue weighted by Crippen LogP contribution is -2.27. The molecular weight excluding hydrogens is 354 g/mol. The quantitative estimate of drug-likeness (QED) is 0.269. The Hall–Kier alpha value is -3.47. The number of fused-ring (bicyclic) bond motifs is 3. The van der Waals surface area contributed by atoms with Crippen molar-refractivity contribution in [2.45, 2.75) is 24.8 Å². The Kier molecular flexibility index (Phi) is 4.89. The van der Waals surface area contributed by atoms with Crippen molar-refractivity contribution in [3.8, 4) is 16.9 Å². The summed E-state index contributed by atoms with van der Waals surface area (Å²) in [5.41, 5.74) is 4.37. The van der Waals surface area contributed by atoms with Crippen LogP contribution in [0.3, 0.4) is 0 Å². The molecule has 1 unspecified atom stereocenters. The molecule has 0 radical (unpaired) electrons. The van der Waals surface area contributed by atoms with Crippen LogP contribution in [-0.2, 0) is 4.79 Å². The molecule has 5 nitrogen and oxygen atoms in total. The van der Waals surface area contributed by atoms with Gasteiger partial charge in [0.1, 0.15) is 12.2 Å². The summed E-state index contributed by atoms with van der Waals surface area (Å²) in [5.74, 6) is -0.300. The molecule has 3 aromatic carbocycles. The summed E-state index contributed by atoms with van der Waals surface area (Å²) in [6.07, 6.45) is -0.00631. The lowest BCUT2D eigenvalue weighted by molar-refractivity contribution is -0.522. The number of carbonyl (C=O) groups excluding carboxylic acids is 1. The maximum Gasteiger partial charge on any atom is 0.318 e. The fourth-order valence-corrected chi connectivity index (χ4v) is 3.88. The van der Waals surface area contributed by atoms with Crippen LogP contribution in [0.2, 0.25) is 0 Å². The van der Waals surface area contributed by atoms with Gasteiger partial charge in [-0.2, -0.15) is 0 Å². The van der Waals surface area contributed by atoms with Gasteiger partial charge in [-0.05, 0) is 34.4 Å². The van der Waals surface area contributed by atoms with Gasteiger partial charge in [-0.15, -0.1) is 0 Å². The molecule has 5 heteroatoms. The van der Waals surface area contributed by atoms with E-state index in [0.717, 1.165) is 22.3 Å². The van der Waals surface area contributed by atoms with Crippen molar-refractivity contribution in [2.24, 2.45) is 0 Å². The second kappa shape index (κ2) is 7.64. The Morgan fingerprint density at radius 2 is 1.43 bits per heavy atom. The number of esters is 1. The van der Waals surface area contributed by atoms with Crippen LogP contribution >= 0.6 is 0 Å². The zero-order valence-corrected chi connectivity index (χ0v) is 15.2. The van der Waals surface area contributed by atoms with Crippen molar-refractivity contribution < 1.29 is 14.5 Å². The van der Waals surface area contributed by atoms with Crippen LogP contribution in [0.4, 0.5) is 0 Å². The van der Waals surface area contributed by atoms with E-state index in [1.54, 1.807) is 24.3 Å². The molecule has 1 atom stereocenters. The van der Waals surface area contributed by atoms with Gasteiger partial charge < -0.3 is 4.74 Å². The predicted molar refractivity (Wildman–Crippen MR) is 106 cm³/mol. The highest BCUT2D eigenvalue weighted by atomic mass is 16.6. The van der Waals surface area contributed by atoms with E-state index < -0.39 is 12.0 Å². The molecule has 0 amide bonds. The van der Waals surface area contributed by atoms with Crippen LogP contribution in [0.15, 0.2) is 78.9 Å². The van der Waals surface area contributed by atoms with Crippen LogP contribution in [-0.4, -0.2) is 16.9 Å². The van der Waals surface area contributed by atoms with E-state index in [1.165, 1.54) is 0 Å². The van der Waals surface area contributed by atoms with E-state index in [4.69, 9.17) is 4.74 Å². The summed E-state index contributed by atoms with van der Waals surface area (Å²) in [4.78, 5) is 23.6. The zero-order chi connectivity index (χ0) is 19.5. The summed E-state index contributed by atoms with van der Waals surface area (Å²) in [5, 5.41) is 11.7. The highest BCUT2D eigenvalue weighted by Gasteiger charge is 2.35. The minimum atomic E-state index is -1.01. The summed E-state index contributed by atoms with van der Waals surface area (Å²) < 4.78 is 5.26. The molecule has 3 aromatic rings. The van der Waals surface area contributed by atoms with E-state index in [-0.39, 0.29) is 23.7 Å². The number of benzene rings is 3. The van der Waals surface area contributed by atoms with Crippen molar-refractivity contribution in [2.75, 3.05) is 0 Å². The second-order valence-electron chi connectivity index (χ2n) is 6.89. The molecule has 0 bridgehead atoms. The molecule has 1 aliphatic carbocycles. The highest BCUT2D eigenvalue weighted by Crippen LogP contribution is 2.46. The molecule has 0 fully saturated rings. The minimum Gasteiger partial charge on any atom is -0.426 e. The second-order valence-corrected chi connectivity index (χ2v) is 6.89. The lowest BCUT2D eigenvalue weighted by atomic mass is 9.89. The summed E-state index contributed by atoms with van der Waals surface area (Å²) >= 11 is 0. The van der Waals surface area contributed by atoms with E-state index in [0.29, 0.717) is 5.75 Å². The van der Waals surface area contributed by atoms with Gasteiger partial charge >= 0.3 is 5.97 Å². The topological polar surface area (TPSA) is 69.4 Å². The van der Waals surface area contributed by atoms with Gasteiger partial charge in [0.15, 0.2) is 0 Å². The Balaban J connectivity index is 1.55. The zero-order valence-electron chi connectivity index (χ0n) is 15.2. The van der Waals surface area contributed by atoms with Gasteiger partial charge in [-0.1, -0.05) is 66.7 Å². The molecule has 0 saturated carbocycles. The number of hydrogen-bond acceptors (Lipinski definition) is 4. The van der Waals surface area contributed by atoms with Crippen molar-refractivity contribution in [1.82, 2.24) is 0 Å². The van der Waals surface area contributed by atoms with Crippen LogP contribution in [0, 0.1) is 10.1 Å². The number of ether oxygens (including phenoxy) is 1. The first kappa shape index (κ1) is 17.9. The Labute approximate surface area is 162 Å². The third-order valence-electron chi connectivity index (χ3n) is 5.15. The molecule has 28 heavy (non-hydrogen) atoms. The molecule has 1 aliphatic rings. The van der Waals surface area contributed by atoms with Gasteiger partial charge in [0.05, 0.1) is 0 Å². The monoisotopic (exact) mass is 373 g/mol. The minimum absolute atomic E-state index is 0.104. The largest absolute Gasteiger partial charge is 0.426 e. The number of para-hydroxylation sites is 1. The molecular formula is C23H19NO4. The first-order chi connectivity index (χ1) is 13.6. The average molecular weight is 373 g/mol. The van der Waals surface area contributed by atoms with Crippen molar-refractivity contribution in [1.29, 1.82) is 0 Å². The van der Waals surface area contributed by atoms with Gasteiger partial charge in [0.25, 0.3) is 0 Å². The number of rotatable bonds is 6. The maximum absolute atomic E-state index is 12.3. The molecule has 0 saturated heterocycles. The number of nitrogens with zero attached hydrogens (tertiary/aromatic N) is 1. The van der Waals surface area contributed by atoms with Gasteiger partial charge in [-0.3, -0.25) is 14.9 Å². The van der Waals surface area contributed by atoms with Gasteiger partial charge in [0.2, 0.25) is 6.04 Å². The standard InChI is InChI=1S/C23H19NO4/c25-23(28-17-8-2-1-3-9-17)15-16(24(26)27)14-22-20-12-6-4-10-18(20)19-11-5-7-13-21(19)22/h1-13,16,22H,14-15H2. The molecule has 4 rings (SSSR count). The Bertz CT molecular complexity index is 970. The first-order valence-electron chi connectivity index (χ1n) is 9.21. The normalized spacial score (nSPS) is 13.4. The molecule has 0 heterocycles. The predicted octanol–water partition coefficient (Wildman–Crippen LogP) is 4.83. The van der Waals surface area contributed by atoms with E-state index in [2.05, 4.69) is 0 Å². The van der Waals surface area contributed by atoms with E-state index in [9.17, 15) is 14.9 Å². The van der Waals surface area contributed by atoms with E-state index >= 15 is 0 Å². The third kappa shape index (κ3) is 3.51. The summed E-state index contributed by atoms with van der Waals surface area (Å²) in [7, 11) is 0. The van der Waals surface area contributed by atoms with Crippen LogP contribution < -0.4 is 4.74 Å².